The van der Waals surface area contributed by atoms with Gasteiger partial charge in [0.15, 0.2) is 0 Å². The maximum absolute atomic E-state index is 11.5. The fourth-order valence-electron chi connectivity index (χ4n) is 1.43. The molecular weight excluding hydrogens is 235 g/mol. The van der Waals surface area contributed by atoms with Crippen LogP contribution in [0.3, 0.4) is 0 Å². The SMILES string of the molecule is CCCCCCCCCCONOC(F)(F)F. The zero-order valence-electron chi connectivity index (χ0n) is 10.3. The number of nitrogens with one attached hydrogen (secondary N) is 1. The van der Waals surface area contributed by atoms with E-state index in [-0.39, 0.29) is 6.61 Å². The van der Waals surface area contributed by atoms with Crippen LogP contribution >= 0.6 is 0 Å². The lowest BCUT2D eigenvalue weighted by atomic mass is 10.1. The molecule has 0 amide bonds. The molecule has 0 aliphatic rings. The number of hydrogen-bond donors (Lipinski definition) is 1. The highest BCUT2D eigenvalue weighted by Crippen LogP contribution is 2.13. The number of alkyl halides is 3. The summed E-state index contributed by atoms with van der Waals surface area (Å²) in [5.41, 5.74) is 1.42. The van der Waals surface area contributed by atoms with Gasteiger partial charge in [-0.05, 0) is 6.42 Å². The van der Waals surface area contributed by atoms with Crippen molar-refractivity contribution in [3.8, 4) is 0 Å². The van der Waals surface area contributed by atoms with E-state index in [1.807, 2.05) is 0 Å². The first kappa shape index (κ1) is 16.7. The maximum Gasteiger partial charge on any atom is 0.540 e. The number of hydrogen-bond acceptors (Lipinski definition) is 3. The summed E-state index contributed by atoms with van der Waals surface area (Å²) < 4.78 is 34.4. The Balaban J connectivity index is 2.99. The molecule has 0 radical (unpaired) electrons. The predicted octanol–water partition coefficient (Wildman–Crippen LogP) is 4.10. The van der Waals surface area contributed by atoms with Gasteiger partial charge >= 0.3 is 6.36 Å². The van der Waals surface area contributed by atoms with Crippen molar-refractivity contribution >= 4 is 0 Å². The minimum atomic E-state index is -4.70. The van der Waals surface area contributed by atoms with Crippen LogP contribution in [-0.4, -0.2) is 13.0 Å². The molecule has 0 spiro atoms. The van der Waals surface area contributed by atoms with Gasteiger partial charge in [-0.3, -0.25) is 4.84 Å². The summed E-state index contributed by atoms with van der Waals surface area (Å²) >= 11 is 0. The Kier molecular flexibility index (Phi) is 10.6. The van der Waals surface area contributed by atoms with Gasteiger partial charge in [-0.25, -0.2) is 0 Å². The second kappa shape index (κ2) is 10.8. The van der Waals surface area contributed by atoms with Crippen LogP contribution in [0.15, 0.2) is 0 Å². The molecule has 0 aromatic rings. The van der Waals surface area contributed by atoms with Gasteiger partial charge in [-0.2, -0.15) is 4.84 Å². The number of unbranched alkanes of at least 4 members (excludes halogenated alkanes) is 7. The van der Waals surface area contributed by atoms with Crippen molar-refractivity contribution in [1.29, 1.82) is 0 Å². The molecule has 0 aliphatic carbocycles. The molecule has 0 aromatic heterocycles. The highest BCUT2D eigenvalue weighted by Gasteiger charge is 2.29. The van der Waals surface area contributed by atoms with E-state index in [1.165, 1.54) is 37.7 Å². The average molecular weight is 257 g/mol. The van der Waals surface area contributed by atoms with E-state index in [0.29, 0.717) is 0 Å². The van der Waals surface area contributed by atoms with Crippen LogP contribution in [0.5, 0.6) is 0 Å². The summed E-state index contributed by atoms with van der Waals surface area (Å²) in [7, 11) is 0. The van der Waals surface area contributed by atoms with Gasteiger partial charge in [0.25, 0.3) is 0 Å². The molecule has 0 unspecified atom stereocenters. The van der Waals surface area contributed by atoms with Crippen LogP contribution in [0.1, 0.15) is 58.3 Å². The molecule has 3 nitrogen and oxygen atoms in total. The van der Waals surface area contributed by atoms with Gasteiger partial charge in [-0.15, -0.1) is 13.2 Å². The predicted molar refractivity (Wildman–Crippen MR) is 58.8 cm³/mol. The topological polar surface area (TPSA) is 30.5 Å². The normalized spacial score (nSPS) is 12.0. The van der Waals surface area contributed by atoms with Gasteiger partial charge in [0.2, 0.25) is 0 Å². The quantitative estimate of drug-likeness (QED) is 0.446. The van der Waals surface area contributed by atoms with Crippen molar-refractivity contribution in [1.82, 2.24) is 5.64 Å². The average Bonchev–Trinajstić information content (AvgIpc) is 2.24. The molecular formula is C11H22F3NO2. The molecule has 0 rings (SSSR count). The summed E-state index contributed by atoms with van der Waals surface area (Å²) in [5, 5.41) is 0. The fraction of sp³-hybridized carbons (Fsp3) is 1.00. The molecule has 0 atom stereocenters. The third-order valence-corrected chi connectivity index (χ3v) is 2.32. The van der Waals surface area contributed by atoms with E-state index < -0.39 is 6.36 Å². The highest BCUT2D eigenvalue weighted by molar-refractivity contribution is 4.45. The highest BCUT2D eigenvalue weighted by atomic mass is 19.4. The van der Waals surface area contributed by atoms with Crippen LogP contribution in [0.4, 0.5) is 13.2 Å². The van der Waals surface area contributed by atoms with Gasteiger partial charge in [0.05, 0.1) is 6.61 Å². The largest absolute Gasteiger partial charge is 0.540 e. The van der Waals surface area contributed by atoms with E-state index in [2.05, 4.69) is 16.6 Å². The Bertz CT molecular complexity index is 165. The Morgan fingerprint density at radius 2 is 1.41 bits per heavy atom. The zero-order chi connectivity index (χ0) is 13.0. The van der Waals surface area contributed by atoms with Crippen LogP contribution in [0.25, 0.3) is 0 Å². The lowest BCUT2D eigenvalue weighted by Crippen LogP contribution is -2.26. The van der Waals surface area contributed by atoms with Crippen molar-refractivity contribution in [2.75, 3.05) is 6.61 Å². The molecule has 17 heavy (non-hydrogen) atoms. The van der Waals surface area contributed by atoms with Crippen LogP contribution in [0.2, 0.25) is 0 Å². The first-order chi connectivity index (χ1) is 8.06. The van der Waals surface area contributed by atoms with Gasteiger partial charge in [0, 0.05) is 0 Å². The maximum atomic E-state index is 11.5. The Morgan fingerprint density at radius 3 is 1.94 bits per heavy atom. The van der Waals surface area contributed by atoms with Crippen molar-refractivity contribution in [2.45, 2.75) is 64.7 Å². The fourth-order valence-corrected chi connectivity index (χ4v) is 1.43. The van der Waals surface area contributed by atoms with Crippen LogP contribution in [-0.2, 0) is 9.68 Å². The Hall–Kier alpha value is -0.330. The molecule has 0 aromatic carbocycles. The molecule has 0 fully saturated rings. The molecule has 0 saturated heterocycles. The molecule has 0 aliphatic heterocycles. The van der Waals surface area contributed by atoms with Crippen molar-refractivity contribution in [2.24, 2.45) is 0 Å². The second-order valence-electron chi connectivity index (χ2n) is 3.95. The van der Waals surface area contributed by atoms with E-state index in [1.54, 1.807) is 0 Å². The van der Waals surface area contributed by atoms with Gasteiger partial charge in [0.1, 0.15) is 0 Å². The van der Waals surface area contributed by atoms with Gasteiger partial charge in [-0.1, -0.05) is 57.5 Å². The summed E-state index contributed by atoms with van der Waals surface area (Å²) in [4.78, 5) is 7.69. The summed E-state index contributed by atoms with van der Waals surface area (Å²) in [6.45, 7) is 2.40. The smallest absolute Gasteiger partial charge is 0.276 e. The molecule has 0 heterocycles. The number of halogens is 3. The molecule has 1 N–H and O–H groups in total. The minimum absolute atomic E-state index is 0.227. The third-order valence-electron chi connectivity index (χ3n) is 2.32. The van der Waals surface area contributed by atoms with Crippen LogP contribution < -0.4 is 5.64 Å². The van der Waals surface area contributed by atoms with E-state index >= 15 is 0 Å². The number of rotatable bonds is 11. The van der Waals surface area contributed by atoms with E-state index in [9.17, 15) is 13.2 Å². The molecule has 0 bridgehead atoms. The lowest BCUT2D eigenvalue weighted by Gasteiger charge is -2.07. The van der Waals surface area contributed by atoms with Crippen molar-refractivity contribution in [3.05, 3.63) is 0 Å². The lowest BCUT2D eigenvalue weighted by molar-refractivity contribution is -0.394. The van der Waals surface area contributed by atoms with Crippen LogP contribution in [0, 0.1) is 0 Å². The Labute approximate surface area is 101 Å². The summed E-state index contributed by atoms with van der Waals surface area (Å²) in [6, 6.07) is 0. The molecule has 6 heteroatoms. The van der Waals surface area contributed by atoms with Crippen molar-refractivity contribution in [3.63, 3.8) is 0 Å². The zero-order valence-corrected chi connectivity index (χ0v) is 10.3. The summed E-state index contributed by atoms with van der Waals surface area (Å²) in [6.07, 6.45) is 4.33. The van der Waals surface area contributed by atoms with Crippen molar-refractivity contribution < 1.29 is 22.8 Å². The second-order valence-corrected chi connectivity index (χ2v) is 3.95. The monoisotopic (exact) mass is 257 g/mol. The third kappa shape index (κ3) is 15.7. The standard InChI is InChI=1S/C11H22F3NO2/c1-2-3-4-5-6-7-8-9-10-16-15-17-11(12,13)14/h15H,2-10H2,1H3. The van der Waals surface area contributed by atoms with E-state index in [0.717, 1.165) is 19.3 Å². The Morgan fingerprint density at radius 1 is 0.882 bits per heavy atom. The molecule has 0 saturated carbocycles. The molecule has 104 valence electrons. The van der Waals surface area contributed by atoms with Gasteiger partial charge < -0.3 is 0 Å². The summed E-state index contributed by atoms with van der Waals surface area (Å²) in [5.74, 6) is 0. The first-order valence-corrected chi connectivity index (χ1v) is 6.18. The minimum Gasteiger partial charge on any atom is -0.276 e. The van der Waals surface area contributed by atoms with E-state index in [4.69, 9.17) is 0 Å². The first-order valence-electron chi connectivity index (χ1n) is 6.18.